The van der Waals surface area contributed by atoms with Gasteiger partial charge in [-0.25, -0.2) is 9.29 Å². The molecule has 0 aromatic heterocycles. The molecule has 26 heavy (non-hydrogen) atoms. The Labute approximate surface area is 162 Å². The van der Waals surface area contributed by atoms with E-state index in [1.807, 2.05) is 0 Å². The van der Waals surface area contributed by atoms with E-state index in [1.165, 1.54) is 31.4 Å². The second-order valence-electron chi connectivity index (χ2n) is 5.30. The standard InChI is InChI=1S/C18H12BrFN2O3S/c1-25-15-7-6-11(19)8-10(15)9-12-16(23)21-18(26)22(17(12)24)14-5-3-2-4-13(14)20/h2-9H,1H3,(H,21,23,26)/b12-9-. The molecule has 0 radical (unpaired) electrons. The predicted molar refractivity (Wildman–Crippen MR) is 103 cm³/mol. The number of benzene rings is 2. The maximum atomic E-state index is 14.1. The largest absolute Gasteiger partial charge is 0.496 e. The fraction of sp³-hybridized carbons (Fsp3) is 0.0556. The van der Waals surface area contributed by atoms with Crippen LogP contribution in [0.2, 0.25) is 0 Å². The highest BCUT2D eigenvalue weighted by molar-refractivity contribution is 9.10. The maximum absolute atomic E-state index is 14.1. The molecule has 1 aliphatic rings. The van der Waals surface area contributed by atoms with Crippen molar-refractivity contribution >= 4 is 56.8 Å². The summed E-state index contributed by atoms with van der Waals surface area (Å²) in [7, 11) is 1.48. The molecule has 1 saturated heterocycles. The van der Waals surface area contributed by atoms with Crippen LogP contribution in [0, 0.1) is 5.82 Å². The lowest BCUT2D eigenvalue weighted by Crippen LogP contribution is -2.54. The normalized spacial score (nSPS) is 16.0. The van der Waals surface area contributed by atoms with E-state index in [9.17, 15) is 14.0 Å². The van der Waals surface area contributed by atoms with Gasteiger partial charge in [0.1, 0.15) is 17.1 Å². The molecule has 1 heterocycles. The molecule has 0 atom stereocenters. The lowest BCUT2D eigenvalue weighted by Gasteiger charge is -2.29. The number of methoxy groups -OCH3 is 1. The Morgan fingerprint density at radius 3 is 2.65 bits per heavy atom. The summed E-state index contributed by atoms with van der Waals surface area (Å²) in [4.78, 5) is 26.1. The summed E-state index contributed by atoms with van der Waals surface area (Å²) < 4.78 is 20.1. The van der Waals surface area contributed by atoms with Crippen molar-refractivity contribution in [1.82, 2.24) is 5.32 Å². The van der Waals surface area contributed by atoms with Crippen LogP contribution in [0.5, 0.6) is 5.75 Å². The number of hydrogen-bond acceptors (Lipinski definition) is 4. The molecule has 2 aromatic rings. The summed E-state index contributed by atoms with van der Waals surface area (Å²) in [5.74, 6) is -1.52. The van der Waals surface area contributed by atoms with Crippen LogP contribution < -0.4 is 15.0 Å². The molecule has 5 nitrogen and oxygen atoms in total. The van der Waals surface area contributed by atoms with Crippen LogP contribution >= 0.6 is 28.1 Å². The first-order valence-electron chi connectivity index (χ1n) is 7.42. The first kappa shape index (κ1) is 18.2. The smallest absolute Gasteiger partial charge is 0.270 e. The zero-order valence-corrected chi connectivity index (χ0v) is 15.9. The third-order valence-corrected chi connectivity index (χ3v) is 4.46. The Kier molecular flexibility index (Phi) is 5.15. The summed E-state index contributed by atoms with van der Waals surface area (Å²) in [5, 5.41) is 2.24. The van der Waals surface area contributed by atoms with Gasteiger partial charge in [0.25, 0.3) is 11.8 Å². The molecule has 1 N–H and O–H groups in total. The molecule has 8 heteroatoms. The number of hydrogen-bond donors (Lipinski definition) is 1. The summed E-state index contributed by atoms with van der Waals surface area (Å²) >= 11 is 8.39. The van der Waals surface area contributed by atoms with E-state index in [-0.39, 0.29) is 16.4 Å². The van der Waals surface area contributed by atoms with Crippen molar-refractivity contribution in [3.05, 3.63) is 63.9 Å². The van der Waals surface area contributed by atoms with E-state index in [2.05, 4.69) is 21.2 Å². The monoisotopic (exact) mass is 434 g/mol. The van der Waals surface area contributed by atoms with Crippen LogP contribution in [0.4, 0.5) is 10.1 Å². The van der Waals surface area contributed by atoms with Gasteiger partial charge >= 0.3 is 0 Å². The van der Waals surface area contributed by atoms with Crippen molar-refractivity contribution in [2.75, 3.05) is 12.0 Å². The molecule has 1 aliphatic heterocycles. The quantitative estimate of drug-likeness (QED) is 0.456. The number of para-hydroxylation sites is 1. The Balaban J connectivity index is 2.09. The molecule has 0 unspecified atom stereocenters. The highest BCUT2D eigenvalue weighted by Gasteiger charge is 2.35. The summed E-state index contributed by atoms with van der Waals surface area (Å²) in [5.41, 5.74) is 0.300. The van der Waals surface area contributed by atoms with E-state index >= 15 is 0 Å². The molecule has 2 aromatic carbocycles. The van der Waals surface area contributed by atoms with E-state index < -0.39 is 17.6 Å². The van der Waals surface area contributed by atoms with Crippen LogP contribution in [0.3, 0.4) is 0 Å². The SMILES string of the molecule is COc1ccc(Br)cc1/C=C1/C(=O)NC(=S)N(c2ccccc2F)C1=O. The van der Waals surface area contributed by atoms with Gasteiger partial charge < -0.3 is 4.74 Å². The molecular formula is C18H12BrFN2O3S. The van der Waals surface area contributed by atoms with Gasteiger partial charge in [0.05, 0.1) is 12.8 Å². The van der Waals surface area contributed by atoms with Crippen LogP contribution in [0.1, 0.15) is 5.56 Å². The number of halogens is 2. The molecule has 0 aliphatic carbocycles. The number of carbonyl (C=O) groups is 2. The highest BCUT2D eigenvalue weighted by atomic mass is 79.9. The van der Waals surface area contributed by atoms with E-state index in [1.54, 1.807) is 24.3 Å². The van der Waals surface area contributed by atoms with Crippen LogP contribution in [-0.4, -0.2) is 24.0 Å². The Bertz CT molecular complexity index is 961. The van der Waals surface area contributed by atoms with Gasteiger partial charge in [-0.3, -0.25) is 14.9 Å². The molecule has 2 amide bonds. The van der Waals surface area contributed by atoms with Gasteiger partial charge in [0.15, 0.2) is 5.11 Å². The van der Waals surface area contributed by atoms with Crippen LogP contribution in [0.15, 0.2) is 52.5 Å². The number of nitrogens with zero attached hydrogens (tertiary/aromatic N) is 1. The molecule has 1 fully saturated rings. The minimum Gasteiger partial charge on any atom is -0.496 e. The second kappa shape index (κ2) is 7.35. The summed E-state index contributed by atoms with van der Waals surface area (Å²) in [6, 6.07) is 10.9. The molecule has 0 bridgehead atoms. The van der Waals surface area contributed by atoms with Gasteiger partial charge in [-0.2, -0.15) is 0 Å². The van der Waals surface area contributed by atoms with Gasteiger partial charge in [0, 0.05) is 10.0 Å². The number of thiocarbonyl (C=S) groups is 1. The lowest BCUT2D eigenvalue weighted by molar-refractivity contribution is -0.122. The second-order valence-corrected chi connectivity index (χ2v) is 6.60. The van der Waals surface area contributed by atoms with Crippen molar-refractivity contribution in [2.45, 2.75) is 0 Å². The molecule has 0 spiro atoms. The van der Waals surface area contributed by atoms with Crippen molar-refractivity contribution in [2.24, 2.45) is 0 Å². The van der Waals surface area contributed by atoms with Gasteiger partial charge in [-0.1, -0.05) is 28.1 Å². The fourth-order valence-electron chi connectivity index (χ4n) is 2.48. The predicted octanol–water partition coefficient (Wildman–Crippen LogP) is 3.43. The molecule has 0 saturated carbocycles. The lowest BCUT2D eigenvalue weighted by atomic mass is 10.1. The zero-order chi connectivity index (χ0) is 18.8. The number of anilines is 1. The minimum atomic E-state index is -0.717. The average Bonchev–Trinajstić information content (AvgIpc) is 2.60. The Morgan fingerprint density at radius 2 is 1.96 bits per heavy atom. The number of nitrogens with one attached hydrogen (secondary N) is 1. The molecule has 3 rings (SSSR count). The van der Waals surface area contributed by atoms with Crippen molar-refractivity contribution < 1.29 is 18.7 Å². The highest BCUT2D eigenvalue weighted by Crippen LogP contribution is 2.28. The number of ether oxygens (including phenoxy) is 1. The third kappa shape index (κ3) is 3.38. The first-order chi connectivity index (χ1) is 12.4. The zero-order valence-electron chi connectivity index (χ0n) is 13.5. The number of amides is 2. The number of rotatable bonds is 3. The average molecular weight is 435 g/mol. The first-order valence-corrected chi connectivity index (χ1v) is 8.62. The Morgan fingerprint density at radius 1 is 1.23 bits per heavy atom. The van der Waals surface area contributed by atoms with Crippen LogP contribution in [-0.2, 0) is 9.59 Å². The van der Waals surface area contributed by atoms with Crippen molar-refractivity contribution in [3.8, 4) is 5.75 Å². The maximum Gasteiger partial charge on any atom is 0.270 e. The summed E-state index contributed by atoms with van der Waals surface area (Å²) in [6.45, 7) is 0. The fourth-order valence-corrected chi connectivity index (χ4v) is 3.14. The van der Waals surface area contributed by atoms with E-state index in [4.69, 9.17) is 17.0 Å². The minimum absolute atomic E-state index is 0.0328. The van der Waals surface area contributed by atoms with Crippen molar-refractivity contribution in [3.63, 3.8) is 0 Å². The summed E-state index contributed by atoms with van der Waals surface area (Å²) in [6.07, 6.45) is 1.39. The topological polar surface area (TPSA) is 58.6 Å². The molecule has 132 valence electrons. The van der Waals surface area contributed by atoms with Gasteiger partial charge in [-0.05, 0) is 48.6 Å². The van der Waals surface area contributed by atoms with E-state index in [0.717, 1.165) is 9.37 Å². The third-order valence-electron chi connectivity index (χ3n) is 3.69. The Hall–Kier alpha value is -2.58. The van der Waals surface area contributed by atoms with Gasteiger partial charge in [0.2, 0.25) is 0 Å². The van der Waals surface area contributed by atoms with Gasteiger partial charge in [-0.15, -0.1) is 0 Å². The molecular weight excluding hydrogens is 423 g/mol. The number of carbonyl (C=O) groups excluding carboxylic acids is 2. The van der Waals surface area contributed by atoms with Crippen LogP contribution in [0.25, 0.3) is 6.08 Å². The van der Waals surface area contributed by atoms with E-state index in [0.29, 0.717) is 11.3 Å². The van der Waals surface area contributed by atoms with Crippen molar-refractivity contribution in [1.29, 1.82) is 0 Å².